The van der Waals surface area contributed by atoms with Gasteiger partial charge in [0.15, 0.2) is 5.13 Å². The van der Waals surface area contributed by atoms with Gasteiger partial charge in [0.2, 0.25) is 0 Å². The topological polar surface area (TPSA) is 39.9 Å². The van der Waals surface area contributed by atoms with E-state index in [1.807, 2.05) is 53.4 Å². The minimum absolute atomic E-state index is 0.847. The molecule has 0 unspecified atom stereocenters. The number of hydrogen-bond donors (Lipinski definition) is 0. The number of imidazole rings is 1. The summed E-state index contributed by atoms with van der Waals surface area (Å²) in [4.78, 5) is 9.14. The number of nitrogens with zero attached hydrogens (tertiary/aromatic N) is 3. The number of hydrogen-bond acceptors (Lipinski definition) is 4. The van der Waals surface area contributed by atoms with Crippen molar-refractivity contribution in [1.82, 2.24) is 14.5 Å². The molecule has 0 atom stereocenters. The van der Waals surface area contributed by atoms with Crippen LogP contribution in [0.1, 0.15) is 0 Å². The van der Waals surface area contributed by atoms with Crippen LogP contribution in [0.2, 0.25) is 0 Å². The van der Waals surface area contributed by atoms with E-state index in [2.05, 4.69) is 16.4 Å². The molecule has 0 fully saturated rings. The summed E-state index contributed by atoms with van der Waals surface area (Å²) in [5.74, 6) is 0.847. The molecule has 0 bridgehead atoms. The molecule has 22 heavy (non-hydrogen) atoms. The molecule has 108 valence electrons. The van der Waals surface area contributed by atoms with Gasteiger partial charge in [-0.05, 0) is 36.4 Å². The molecule has 5 heteroatoms. The maximum Gasteiger partial charge on any atom is 0.195 e. The van der Waals surface area contributed by atoms with Crippen LogP contribution < -0.4 is 4.74 Å². The van der Waals surface area contributed by atoms with Gasteiger partial charge in [0.05, 0.1) is 23.8 Å². The van der Waals surface area contributed by atoms with Gasteiger partial charge in [-0.2, -0.15) is 0 Å². The van der Waals surface area contributed by atoms with Crippen molar-refractivity contribution in [3.05, 3.63) is 60.2 Å². The summed E-state index contributed by atoms with van der Waals surface area (Å²) in [7, 11) is 1.67. The molecule has 4 aromatic rings. The fraction of sp³-hybridized carbons (Fsp3) is 0.0588. The Bertz CT molecular complexity index is 924. The van der Waals surface area contributed by atoms with Crippen molar-refractivity contribution in [2.45, 2.75) is 0 Å². The highest BCUT2D eigenvalue weighted by molar-refractivity contribution is 7.12. The molecule has 0 amide bonds. The molecule has 0 aliphatic rings. The maximum absolute atomic E-state index is 5.19. The van der Waals surface area contributed by atoms with Crippen LogP contribution >= 0.6 is 11.3 Å². The van der Waals surface area contributed by atoms with Crippen molar-refractivity contribution in [1.29, 1.82) is 0 Å². The molecular formula is C17H13N3OS. The van der Waals surface area contributed by atoms with Crippen molar-refractivity contribution in [2.75, 3.05) is 7.11 Å². The second-order valence-electron chi connectivity index (χ2n) is 4.85. The summed E-state index contributed by atoms with van der Waals surface area (Å²) < 4.78 is 7.21. The van der Waals surface area contributed by atoms with E-state index in [-0.39, 0.29) is 0 Å². The van der Waals surface area contributed by atoms with E-state index in [4.69, 9.17) is 9.72 Å². The zero-order valence-electron chi connectivity index (χ0n) is 11.9. The number of fused-ring (bicyclic) bond motifs is 1. The van der Waals surface area contributed by atoms with Crippen LogP contribution in [0.5, 0.6) is 5.75 Å². The van der Waals surface area contributed by atoms with Gasteiger partial charge in [-0.1, -0.05) is 12.1 Å². The number of rotatable bonds is 3. The molecule has 4 nitrogen and oxygen atoms in total. The minimum Gasteiger partial charge on any atom is -0.497 e. The second kappa shape index (κ2) is 5.27. The fourth-order valence-corrected chi connectivity index (χ4v) is 3.20. The van der Waals surface area contributed by atoms with Gasteiger partial charge in [-0.25, -0.2) is 9.97 Å². The molecule has 0 radical (unpaired) electrons. The Balaban J connectivity index is 1.74. The highest BCUT2D eigenvalue weighted by atomic mass is 32.1. The smallest absolute Gasteiger partial charge is 0.195 e. The van der Waals surface area contributed by atoms with Crippen molar-refractivity contribution >= 4 is 22.4 Å². The molecule has 0 saturated heterocycles. The third-order valence-corrected chi connectivity index (χ3v) is 4.38. The van der Waals surface area contributed by atoms with Crippen LogP contribution in [0.4, 0.5) is 0 Å². The number of para-hydroxylation sites is 2. The molecule has 0 saturated carbocycles. The van der Waals surface area contributed by atoms with Gasteiger partial charge in [0.25, 0.3) is 0 Å². The van der Waals surface area contributed by atoms with Gasteiger partial charge in [0, 0.05) is 10.9 Å². The lowest BCUT2D eigenvalue weighted by Crippen LogP contribution is -1.90. The number of ether oxygens (including phenoxy) is 1. The first kappa shape index (κ1) is 13.0. The fourth-order valence-electron chi connectivity index (χ4n) is 2.38. The van der Waals surface area contributed by atoms with Crippen molar-refractivity contribution in [3.63, 3.8) is 0 Å². The zero-order chi connectivity index (χ0) is 14.9. The maximum atomic E-state index is 5.19. The van der Waals surface area contributed by atoms with Gasteiger partial charge in [-0.3, -0.25) is 4.57 Å². The van der Waals surface area contributed by atoms with E-state index in [0.717, 1.165) is 33.2 Å². The molecule has 0 aliphatic heterocycles. The number of aromatic nitrogens is 3. The zero-order valence-corrected chi connectivity index (χ0v) is 12.7. The third-order valence-electron chi connectivity index (χ3n) is 3.54. The Hall–Kier alpha value is -2.66. The summed E-state index contributed by atoms with van der Waals surface area (Å²) in [6.45, 7) is 0. The van der Waals surface area contributed by atoms with Crippen molar-refractivity contribution < 1.29 is 4.74 Å². The Morgan fingerprint density at radius 2 is 1.86 bits per heavy atom. The predicted octanol–water partition coefficient (Wildman–Crippen LogP) is 4.16. The van der Waals surface area contributed by atoms with E-state index in [9.17, 15) is 0 Å². The largest absolute Gasteiger partial charge is 0.497 e. The lowest BCUT2D eigenvalue weighted by Gasteiger charge is -2.01. The Kier molecular flexibility index (Phi) is 3.12. The quantitative estimate of drug-likeness (QED) is 0.570. The number of benzene rings is 2. The molecule has 2 aromatic carbocycles. The van der Waals surface area contributed by atoms with E-state index in [0.29, 0.717) is 0 Å². The third kappa shape index (κ3) is 2.16. The van der Waals surface area contributed by atoms with Crippen LogP contribution in [-0.4, -0.2) is 21.6 Å². The summed E-state index contributed by atoms with van der Waals surface area (Å²) in [5, 5.41) is 2.98. The Morgan fingerprint density at radius 3 is 2.68 bits per heavy atom. The second-order valence-corrected chi connectivity index (χ2v) is 5.68. The summed E-state index contributed by atoms with van der Waals surface area (Å²) >= 11 is 1.61. The lowest BCUT2D eigenvalue weighted by molar-refractivity contribution is 0.415. The number of methoxy groups -OCH3 is 1. The van der Waals surface area contributed by atoms with Crippen LogP contribution in [0.15, 0.2) is 60.2 Å². The normalized spacial score (nSPS) is 11.0. The van der Waals surface area contributed by atoms with Crippen molar-refractivity contribution in [3.8, 4) is 22.1 Å². The molecule has 0 N–H and O–H groups in total. The van der Waals surface area contributed by atoms with Gasteiger partial charge >= 0.3 is 0 Å². The Morgan fingerprint density at radius 1 is 1.05 bits per heavy atom. The van der Waals surface area contributed by atoms with Gasteiger partial charge < -0.3 is 4.74 Å². The van der Waals surface area contributed by atoms with Crippen LogP contribution in [0.25, 0.3) is 27.4 Å². The van der Waals surface area contributed by atoms with Gasteiger partial charge in [-0.15, -0.1) is 11.3 Å². The first-order chi connectivity index (χ1) is 10.8. The highest BCUT2D eigenvalue weighted by Crippen LogP contribution is 2.27. The van der Waals surface area contributed by atoms with E-state index < -0.39 is 0 Å². The average molecular weight is 307 g/mol. The first-order valence-corrected chi connectivity index (χ1v) is 7.75. The summed E-state index contributed by atoms with van der Waals surface area (Å²) in [6, 6.07) is 16.0. The molecule has 0 aliphatic carbocycles. The standard InChI is InChI=1S/C17H13N3OS/c1-21-13-8-6-12(7-9-13)15-10-22-17(19-15)20-11-18-14-4-2-3-5-16(14)20/h2-11H,1H3. The highest BCUT2D eigenvalue weighted by Gasteiger charge is 2.09. The SMILES string of the molecule is COc1ccc(-c2csc(-n3cnc4ccccc43)n2)cc1. The average Bonchev–Trinajstić information content (AvgIpc) is 3.21. The molecule has 0 spiro atoms. The number of thiazole rings is 1. The van der Waals surface area contributed by atoms with Crippen molar-refractivity contribution in [2.24, 2.45) is 0 Å². The summed E-state index contributed by atoms with van der Waals surface area (Å²) in [5.41, 5.74) is 4.08. The minimum atomic E-state index is 0.847. The van der Waals surface area contributed by atoms with Gasteiger partial charge in [0.1, 0.15) is 12.1 Å². The van der Waals surface area contributed by atoms with Crippen LogP contribution in [-0.2, 0) is 0 Å². The lowest BCUT2D eigenvalue weighted by atomic mass is 10.2. The Labute approximate surface area is 131 Å². The predicted molar refractivity (Wildman–Crippen MR) is 88.7 cm³/mol. The monoisotopic (exact) mass is 307 g/mol. The first-order valence-electron chi connectivity index (χ1n) is 6.87. The van der Waals surface area contributed by atoms with E-state index in [1.165, 1.54) is 0 Å². The van der Waals surface area contributed by atoms with E-state index >= 15 is 0 Å². The molecule has 4 rings (SSSR count). The molecule has 2 heterocycles. The van der Waals surface area contributed by atoms with Crippen LogP contribution in [0.3, 0.4) is 0 Å². The molecular weight excluding hydrogens is 294 g/mol. The van der Waals surface area contributed by atoms with E-state index in [1.54, 1.807) is 18.4 Å². The summed E-state index contributed by atoms with van der Waals surface area (Å²) in [6.07, 6.45) is 1.82. The van der Waals surface area contributed by atoms with Crippen LogP contribution in [0, 0.1) is 0 Å². The molecule has 2 aromatic heterocycles.